The van der Waals surface area contributed by atoms with Crippen molar-refractivity contribution in [1.82, 2.24) is 20.7 Å². The molecule has 3 aromatic rings. The molecule has 0 fully saturated rings. The van der Waals surface area contributed by atoms with E-state index in [4.69, 9.17) is 4.52 Å². The summed E-state index contributed by atoms with van der Waals surface area (Å²) in [5, 5.41) is 8.99. The van der Waals surface area contributed by atoms with Crippen molar-refractivity contribution in [2.24, 2.45) is 0 Å². The van der Waals surface area contributed by atoms with Gasteiger partial charge in [-0.1, -0.05) is 47.6 Å². The molecule has 0 saturated heterocycles. The molecule has 2 heterocycles. The van der Waals surface area contributed by atoms with Crippen LogP contribution in [0.1, 0.15) is 42.5 Å². The Hall–Kier alpha value is -4.27. The minimum atomic E-state index is -1.03. The van der Waals surface area contributed by atoms with Crippen LogP contribution in [0.3, 0.4) is 0 Å². The Morgan fingerprint density at radius 1 is 0.939 bits per heavy atom. The fraction of sp³-hybridized carbons (Fsp3) is 0.208. The average Bonchev–Trinajstić information content (AvgIpc) is 3.37. The quantitative estimate of drug-likeness (QED) is 0.402. The third-order valence-electron chi connectivity index (χ3n) is 5.28. The summed E-state index contributed by atoms with van der Waals surface area (Å²) in [6.45, 7) is 1.92. The number of hydrogen-bond acceptors (Lipinski definition) is 6. The van der Waals surface area contributed by atoms with Gasteiger partial charge in [0.25, 0.3) is 17.7 Å². The van der Waals surface area contributed by atoms with Gasteiger partial charge >= 0.3 is 0 Å². The van der Waals surface area contributed by atoms with E-state index in [0.29, 0.717) is 5.76 Å². The Balaban J connectivity index is 1.45. The minimum Gasteiger partial charge on any atom is -0.361 e. The van der Waals surface area contributed by atoms with Crippen LogP contribution < -0.4 is 10.6 Å². The van der Waals surface area contributed by atoms with Crippen molar-refractivity contribution in [1.29, 1.82) is 0 Å². The molecule has 1 aliphatic heterocycles. The first-order valence-corrected chi connectivity index (χ1v) is 10.5. The molecule has 33 heavy (non-hydrogen) atoms. The van der Waals surface area contributed by atoms with Crippen LogP contribution in [0.2, 0.25) is 0 Å². The first kappa shape index (κ1) is 21.9. The van der Waals surface area contributed by atoms with Crippen molar-refractivity contribution in [2.45, 2.75) is 19.4 Å². The summed E-state index contributed by atoms with van der Waals surface area (Å²) in [5.41, 5.74) is 1.52. The molecule has 4 rings (SSSR count). The average molecular weight is 446 g/mol. The monoisotopic (exact) mass is 446 g/mol. The lowest BCUT2D eigenvalue weighted by molar-refractivity contribution is -0.125. The number of nitrogens with zero attached hydrogens (tertiary/aromatic N) is 2. The van der Waals surface area contributed by atoms with Crippen LogP contribution in [0.5, 0.6) is 0 Å². The molecule has 0 saturated carbocycles. The molecule has 2 aromatic carbocycles. The van der Waals surface area contributed by atoms with Crippen molar-refractivity contribution in [3.63, 3.8) is 0 Å². The predicted molar refractivity (Wildman–Crippen MR) is 117 cm³/mol. The Morgan fingerprint density at radius 2 is 1.55 bits per heavy atom. The number of imide groups is 1. The van der Waals surface area contributed by atoms with Gasteiger partial charge in [-0.3, -0.25) is 24.1 Å². The minimum absolute atomic E-state index is 0.107. The maximum absolute atomic E-state index is 13.1. The Morgan fingerprint density at radius 3 is 2.15 bits per heavy atom. The van der Waals surface area contributed by atoms with Crippen molar-refractivity contribution in [2.75, 3.05) is 13.1 Å². The summed E-state index contributed by atoms with van der Waals surface area (Å²) >= 11 is 0. The molecule has 9 nitrogen and oxygen atoms in total. The maximum Gasteiger partial charge on any atom is 0.273 e. The van der Waals surface area contributed by atoms with E-state index in [-0.39, 0.29) is 36.3 Å². The molecular weight excluding hydrogens is 424 g/mol. The second-order valence-electron chi connectivity index (χ2n) is 7.60. The molecule has 0 aliphatic carbocycles. The van der Waals surface area contributed by atoms with E-state index < -0.39 is 29.7 Å². The van der Waals surface area contributed by atoms with Gasteiger partial charge in [0.05, 0.1) is 11.1 Å². The topological polar surface area (TPSA) is 122 Å². The highest BCUT2D eigenvalue weighted by molar-refractivity contribution is 6.22. The molecule has 1 aromatic heterocycles. The Labute approximate surface area is 189 Å². The summed E-state index contributed by atoms with van der Waals surface area (Å²) in [6, 6.07) is 16.2. The number of carbonyl (C=O) groups is 4. The first-order valence-electron chi connectivity index (χ1n) is 10.5. The van der Waals surface area contributed by atoms with Crippen LogP contribution in [0.15, 0.2) is 65.2 Å². The second kappa shape index (κ2) is 9.47. The Kier molecular flexibility index (Phi) is 6.30. The fourth-order valence-electron chi connectivity index (χ4n) is 3.67. The van der Waals surface area contributed by atoms with Gasteiger partial charge in [-0.25, -0.2) is 0 Å². The maximum atomic E-state index is 13.1. The number of carbonyl (C=O) groups excluding carboxylic acids is 4. The molecule has 0 radical (unpaired) electrons. The third kappa shape index (κ3) is 4.67. The van der Waals surface area contributed by atoms with Gasteiger partial charge in [0.1, 0.15) is 11.8 Å². The van der Waals surface area contributed by atoms with Crippen molar-refractivity contribution in [3.8, 4) is 0 Å². The number of aryl methyl sites for hydroxylation is 1. The Bertz CT molecular complexity index is 1170. The van der Waals surface area contributed by atoms with E-state index in [0.717, 1.165) is 10.5 Å². The van der Waals surface area contributed by atoms with Crippen LogP contribution >= 0.6 is 0 Å². The number of fused-ring (bicyclic) bond motifs is 1. The van der Waals surface area contributed by atoms with E-state index in [2.05, 4.69) is 15.8 Å². The molecule has 1 atom stereocenters. The normalized spacial score (nSPS) is 13.5. The molecular formula is C24H22N4O5. The van der Waals surface area contributed by atoms with Crippen molar-refractivity contribution in [3.05, 3.63) is 88.8 Å². The summed E-state index contributed by atoms with van der Waals surface area (Å²) in [5.74, 6) is -1.40. The largest absolute Gasteiger partial charge is 0.361 e. The van der Waals surface area contributed by atoms with E-state index in [1.807, 2.05) is 30.3 Å². The van der Waals surface area contributed by atoms with Crippen LogP contribution in [-0.4, -0.2) is 52.8 Å². The summed E-state index contributed by atoms with van der Waals surface area (Å²) in [7, 11) is 0. The summed E-state index contributed by atoms with van der Waals surface area (Å²) in [6.07, 6.45) is 0.169. The number of benzene rings is 2. The zero-order valence-corrected chi connectivity index (χ0v) is 17.9. The van der Waals surface area contributed by atoms with Crippen LogP contribution in [0, 0.1) is 6.92 Å². The number of hydrogen-bond donors (Lipinski definition) is 2. The smallest absolute Gasteiger partial charge is 0.273 e. The van der Waals surface area contributed by atoms with Gasteiger partial charge in [-0.05, 0) is 24.6 Å². The highest BCUT2D eigenvalue weighted by atomic mass is 16.5. The highest BCUT2D eigenvalue weighted by Crippen LogP contribution is 2.26. The van der Waals surface area contributed by atoms with Crippen LogP contribution in [-0.2, 0) is 11.2 Å². The molecule has 2 N–H and O–H groups in total. The second-order valence-corrected chi connectivity index (χ2v) is 7.60. The lowest BCUT2D eigenvalue weighted by Crippen LogP contribution is -2.51. The van der Waals surface area contributed by atoms with E-state index in [1.54, 1.807) is 31.2 Å². The lowest BCUT2D eigenvalue weighted by atomic mass is 10.0. The fourth-order valence-corrected chi connectivity index (χ4v) is 3.67. The molecule has 168 valence electrons. The third-order valence-corrected chi connectivity index (χ3v) is 5.28. The van der Waals surface area contributed by atoms with E-state index in [9.17, 15) is 19.2 Å². The van der Waals surface area contributed by atoms with Crippen LogP contribution in [0.25, 0.3) is 0 Å². The predicted octanol–water partition coefficient (Wildman–Crippen LogP) is 1.74. The van der Waals surface area contributed by atoms with Gasteiger partial charge in [0.2, 0.25) is 5.91 Å². The lowest BCUT2D eigenvalue weighted by Gasteiger charge is -2.25. The van der Waals surface area contributed by atoms with Gasteiger partial charge in [0, 0.05) is 25.6 Å². The highest BCUT2D eigenvalue weighted by Gasteiger charge is 2.42. The number of aromatic nitrogens is 1. The SMILES string of the molecule is Cc1cc(C(=O)NCCNC(=O)C(Cc2ccccc2)N2C(=O)c3ccccc3C2=O)no1. The molecule has 9 heteroatoms. The van der Waals surface area contributed by atoms with Gasteiger partial charge < -0.3 is 15.2 Å². The van der Waals surface area contributed by atoms with Gasteiger partial charge in [0.15, 0.2) is 5.69 Å². The molecule has 1 unspecified atom stereocenters. The standard InChI is InChI=1S/C24H22N4O5/c1-15-13-19(27-33-15)21(29)25-11-12-26-22(30)20(14-16-7-3-2-4-8-16)28-23(31)17-9-5-6-10-18(17)24(28)32/h2-10,13,20H,11-12,14H2,1H3,(H,25,29)(H,26,30). The number of rotatable bonds is 8. The van der Waals surface area contributed by atoms with E-state index in [1.165, 1.54) is 6.07 Å². The summed E-state index contributed by atoms with van der Waals surface area (Å²) < 4.78 is 4.87. The molecule has 0 bridgehead atoms. The number of nitrogens with one attached hydrogen (secondary N) is 2. The molecule has 1 aliphatic rings. The number of amides is 4. The van der Waals surface area contributed by atoms with Crippen LogP contribution in [0.4, 0.5) is 0 Å². The van der Waals surface area contributed by atoms with Gasteiger partial charge in [-0.2, -0.15) is 0 Å². The van der Waals surface area contributed by atoms with Gasteiger partial charge in [-0.15, -0.1) is 0 Å². The first-order chi connectivity index (χ1) is 16.0. The summed E-state index contributed by atoms with van der Waals surface area (Å²) in [4.78, 5) is 52.1. The van der Waals surface area contributed by atoms with Crippen molar-refractivity contribution >= 4 is 23.6 Å². The molecule has 0 spiro atoms. The zero-order chi connectivity index (χ0) is 23.4. The van der Waals surface area contributed by atoms with E-state index >= 15 is 0 Å². The molecule has 4 amide bonds. The van der Waals surface area contributed by atoms with Crippen molar-refractivity contribution < 1.29 is 23.7 Å². The zero-order valence-electron chi connectivity index (χ0n) is 17.9.